The summed E-state index contributed by atoms with van der Waals surface area (Å²) in [6, 6.07) is -0.0727. The van der Waals surface area contributed by atoms with Crippen LogP contribution in [-0.4, -0.2) is 57.4 Å². The maximum absolute atomic E-state index is 11.4. The van der Waals surface area contributed by atoms with Crippen molar-refractivity contribution in [2.45, 2.75) is 26.2 Å². The first-order chi connectivity index (χ1) is 8.72. The lowest BCUT2D eigenvalue weighted by Gasteiger charge is -2.30. The SMILES string of the molecule is COCCCNC(=O)NCCN1CCC(C)CC1. The van der Waals surface area contributed by atoms with Crippen molar-refractivity contribution in [3.05, 3.63) is 0 Å². The lowest BCUT2D eigenvalue weighted by atomic mass is 9.99. The topological polar surface area (TPSA) is 53.6 Å². The van der Waals surface area contributed by atoms with Crippen LogP contribution in [0.4, 0.5) is 4.79 Å². The van der Waals surface area contributed by atoms with Crippen molar-refractivity contribution >= 4 is 6.03 Å². The average Bonchev–Trinajstić information content (AvgIpc) is 2.37. The Morgan fingerprint density at radius 2 is 1.94 bits per heavy atom. The number of hydrogen-bond acceptors (Lipinski definition) is 3. The number of nitrogens with one attached hydrogen (secondary N) is 2. The molecule has 2 amide bonds. The van der Waals surface area contributed by atoms with E-state index in [4.69, 9.17) is 4.74 Å². The quantitative estimate of drug-likeness (QED) is 0.670. The lowest BCUT2D eigenvalue weighted by molar-refractivity contribution is 0.189. The lowest BCUT2D eigenvalue weighted by Crippen LogP contribution is -2.42. The van der Waals surface area contributed by atoms with E-state index in [0.29, 0.717) is 13.2 Å². The number of nitrogens with zero attached hydrogens (tertiary/aromatic N) is 1. The van der Waals surface area contributed by atoms with Gasteiger partial charge in [-0.05, 0) is 38.3 Å². The molecule has 2 N–H and O–H groups in total. The standard InChI is InChI=1S/C13H27N3O2/c1-12-4-8-16(9-5-12)10-7-15-13(17)14-6-3-11-18-2/h12H,3-11H2,1-2H3,(H2,14,15,17). The number of methoxy groups -OCH3 is 1. The van der Waals surface area contributed by atoms with Crippen LogP contribution in [-0.2, 0) is 4.74 Å². The highest BCUT2D eigenvalue weighted by molar-refractivity contribution is 5.73. The molecule has 0 unspecified atom stereocenters. The van der Waals surface area contributed by atoms with Gasteiger partial charge in [-0.2, -0.15) is 0 Å². The molecule has 18 heavy (non-hydrogen) atoms. The molecule has 106 valence electrons. The second kappa shape index (κ2) is 9.16. The van der Waals surface area contributed by atoms with Gasteiger partial charge in [0, 0.05) is 33.4 Å². The molecule has 0 radical (unpaired) electrons. The van der Waals surface area contributed by atoms with Gasteiger partial charge in [0.15, 0.2) is 0 Å². The molecule has 0 bridgehead atoms. The summed E-state index contributed by atoms with van der Waals surface area (Å²) in [6.07, 6.45) is 3.42. The monoisotopic (exact) mass is 257 g/mol. The number of ether oxygens (including phenoxy) is 1. The van der Waals surface area contributed by atoms with Crippen molar-refractivity contribution in [3.63, 3.8) is 0 Å². The number of urea groups is 1. The molecule has 1 aliphatic rings. The van der Waals surface area contributed by atoms with Gasteiger partial charge in [-0.3, -0.25) is 0 Å². The predicted octanol–water partition coefficient (Wildman–Crippen LogP) is 1.05. The molecular weight excluding hydrogens is 230 g/mol. The second-order valence-corrected chi connectivity index (χ2v) is 5.05. The Kier molecular flexibility index (Phi) is 7.76. The van der Waals surface area contributed by atoms with Gasteiger partial charge in [-0.15, -0.1) is 0 Å². The highest BCUT2D eigenvalue weighted by Gasteiger charge is 2.14. The summed E-state index contributed by atoms with van der Waals surface area (Å²) in [5, 5.41) is 5.70. The molecule has 1 saturated heterocycles. The van der Waals surface area contributed by atoms with Gasteiger partial charge in [0.2, 0.25) is 0 Å². The second-order valence-electron chi connectivity index (χ2n) is 5.05. The molecule has 0 aliphatic carbocycles. The summed E-state index contributed by atoms with van der Waals surface area (Å²) in [5.74, 6) is 0.860. The maximum Gasteiger partial charge on any atom is 0.314 e. The molecule has 5 nitrogen and oxygen atoms in total. The van der Waals surface area contributed by atoms with E-state index in [1.807, 2.05) is 0 Å². The summed E-state index contributed by atoms with van der Waals surface area (Å²) in [5.41, 5.74) is 0. The number of amides is 2. The molecule has 0 aromatic heterocycles. The van der Waals surface area contributed by atoms with Gasteiger partial charge in [-0.1, -0.05) is 6.92 Å². The molecule has 1 fully saturated rings. The Morgan fingerprint density at radius 3 is 2.61 bits per heavy atom. The highest BCUT2D eigenvalue weighted by Crippen LogP contribution is 2.14. The zero-order valence-electron chi connectivity index (χ0n) is 11.7. The fourth-order valence-electron chi connectivity index (χ4n) is 2.09. The summed E-state index contributed by atoms with van der Waals surface area (Å²) < 4.78 is 4.91. The fourth-order valence-corrected chi connectivity index (χ4v) is 2.09. The first-order valence-corrected chi connectivity index (χ1v) is 6.95. The molecule has 1 aliphatic heterocycles. The van der Waals surface area contributed by atoms with Crippen LogP contribution in [0.2, 0.25) is 0 Å². The molecular formula is C13H27N3O2. The average molecular weight is 257 g/mol. The normalized spacial score (nSPS) is 17.7. The fraction of sp³-hybridized carbons (Fsp3) is 0.923. The van der Waals surface area contributed by atoms with Crippen molar-refractivity contribution in [2.75, 3.05) is 46.4 Å². The van der Waals surface area contributed by atoms with Crippen molar-refractivity contribution in [3.8, 4) is 0 Å². The van der Waals surface area contributed by atoms with Crippen LogP contribution >= 0.6 is 0 Å². The molecule has 0 saturated carbocycles. The van der Waals surface area contributed by atoms with Gasteiger partial charge in [-0.25, -0.2) is 4.79 Å². The smallest absolute Gasteiger partial charge is 0.314 e. The number of carbonyl (C=O) groups is 1. The van der Waals surface area contributed by atoms with E-state index in [1.54, 1.807) is 7.11 Å². The Balaban J connectivity index is 1.95. The predicted molar refractivity (Wildman–Crippen MR) is 72.7 cm³/mol. The van der Waals surface area contributed by atoms with Gasteiger partial charge in [0.05, 0.1) is 0 Å². The van der Waals surface area contributed by atoms with E-state index >= 15 is 0 Å². The van der Waals surface area contributed by atoms with Gasteiger partial charge < -0.3 is 20.3 Å². The van der Waals surface area contributed by atoms with Gasteiger partial charge >= 0.3 is 6.03 Å². The third kappa shape index (κ3) is 6.81. The molecule has 1 rings (SSSR count). The Morgan fingerprint density at radius 1 is 1.28 bits per heavy atom. The van der Waals surface area contributed by atoms with E-state index in [0.717, 1.165) is 38.5 Å². The Labute approximate surface area is 110 Å². The van der Waals surface area contributed by atoms with Crippen molar-refractivity contribution in [1.29, 1.82) is 0 Å². The van der Waals surface area contributed by atoms with Crippen LogP contribution in [0.1, 0.15) is 26.2 Å². The van der Waals surface area contributed by atoms with Crippen LogP contribution in [0, 0.1) is 5.92 Å². The number of hydrogen-bond donors (Lipinski definition) is 2. The van der Waals surface area contributed by atoms with E-state index in [1.165, 1.54) is 12.8 Å². The molecule has 1 heterocycles. The van der Waals surface area contributed by atoms with Crippen molar-refractivity contribution < 1.29 is 9.53 Å². The minimum atomic E-state index is -0.0727. The molecule has 0 spiro atoms. The number of piperidine rings is 1. The third-order valence-corrected chi connectivity index (χ3v) is 3.40. The van der Waals surface area contributed by atoms with E-state index < -0.39 is 0 Å². The third-order valence-electron chi connectivity index (χ3n) is 3.40. The van der Waals surface area contributed by atoms with Crippen LogP contribution in [0.5, 0.6) is 0 Å². The minimum absolute atomic E-state index is 0.0727. The van der Waals surface area contributed by atoms with Crippen LogP contribution in [0.15, 0.2) is 0 Å². The summed E-state index contributed by atoms with van der Waals surface area (Å²) >= 11 is 0. The maximum atomic E-state index is 11.4. The van der Waals surface area contributed by atoms with Crippen molar-refractivity contribution in [2.24, 2.45) is 5.92 Å². The molecule has 0 aromatic carbocycles. The van der Waals surface area contributed by atoms with Gasteiger partial charge in [0.25, 0.3) is 0 Å². The van der Waals surface area contributed by atoms with Crippen LogP contribution < -0.4 is 10.6 Å². The van der Waals surface area contributed by atoms with E-state index in [-0.39, 0.29) is 6.03 Å². The van der Waals surface area contributed by atoms with E-state index in [2.05, 4.69) is 22.5 Å². The number of likely N-dealkylation sites (tertiary alicyclic amines) is 1. The van der Waals surface area contributed by atoms with E-state index in [9.17, 15) is 4.79 Å². The van der Waals surface area contributed by atoms with Crippen LogP contribution in [0.25, 0.3) is 0 Å². The zero-order valence-corrected chi connectivity index (χ0v) is 11.7. The first-order valence-electron chi connectivity index (χ1n) is 6.95. The van der Waals surface area contributed by atoms with Crippen molar-refractivity contribution in [1.82, 2.24) is 15.5 Å². The Hall–Kier alpha value is -0.810. The number of rotatable bonds is 7. The van der Waals surface area contributed by atoms with Gasteiger partial charge in [0.1, 0.15) is 0 Å². The Bertz CT molecular complexity index is 228. The van der Waals surface area contributed by atoms with Crippen LogP contribution in [0.3, 0.4) is 0 Å². The summed E-state index contributed by atoms with van der Waals surface area (Å²) in [7, 11) is 1.67. The zero-order chi connectivity index (χ0) is 13.2. The molecule has 0 atom stereocenters. The first kappa shape index (κ1) is 15.2. The molecule has 0 aromatic rings. The molecule has 5 heteroatoms. The summed E-state index contributed by atoms with van der Waals surface area (Å²) in [6.45, 7) is 7.68. The number of carbonyl (C=O) groups excluding carboxylic acids is 1. The largest absolute Gasteiger partial charge is 0.385 e. The highest BCUT2D eigenvalue weighted by atomic mass is 16.5. The summed E-state index contributed by atoms with van der Waals surface area (Å²) in [4.78, 5) is 13.8. The minimum Gasteiger partial charge on any atom is -0.385 e.